The summed E-state index contributed by atoms with van der Waals surface area (Å²) in [5, 5.41) is 17.8. The van der Waals surface area contributed by atoms with Gasteiger partial charge in [-0.25, -0.2) is 0 Å². The fourth-order valence-corrected chi connectivity index (χ4v) is 2.16. The molecule has 0 bridgehead atoms. The van der Waals surface area contributed by atoms with E-state index in [4.69, 9.17) is 10.2 Å². The third kappa shape index (κ3) is 7.80. The zero-order valence-electron chi connectivity index (χ0n) is 9.12. The van der Waals surface area contributed by atoms with Gasteiger partial charge in [-0.05, 0) is 25.7 Å². The van der Waals surface area contributed by atoms with Crippen LogP contribution >= 0.6 is 0 Å². The van der Waals surface area contributed by atoms with Gasteiger partial charge in [-0.15, -0.1) is 0 Å². The van der Waals surface area contributed by atoms with Crippen LogP contribution in [0.15, 0.2) is 0 Å². The highest BCUT2D eigenvalue weighted by Crippen LogP contribution is 2.16. The van der Waals surface area contributed by atoms with Gasteiger partial charge in [-0.3, -0.25) is 0 Å². The first-order valence-electron chi connectivity index (χ1n) is 6.15. The second-order valence-corrected chi connectivity index (χ2v) is 4.58. The Morgan fingerprint density at radius 2 is 0.800 bits per heavy atom. The number of rotatable bonds is 0. The van der Waals surface area contributed by atoms with Gasteiger partial charge in [-0.2, -0.15) is 0 Å². The topological polar surface area (TPSA) is 40.5 Å². The summed E-state index contributed by atoms with van der Waals surface area (Å²) in [5.74, 6) is 0. The third-order valence-electron chi connectivity index (χ3n) is 3.15. The fourth-order valence-electron chi connectivity index (χ4n) is 2.16. The Hall–Kier alpha value is -0.0800. The molecule has 0 heterocycles. The molecule has 2 rings (SSSR count). The van der Waals surface area contributed by atoms with Crippen LogP contribution in [-0.4, -0.2) is 22.4 Å². The van der Waals surface area contributed by atoms with E-state index in [-0.39, 0.29) is 19.6 Å². The average Bonchev–Trinajstić information content (AvgIpc) is 2.21. The lowest BCUT2D eigenvalue weighted by atomic mass is 9.98. The minimum absolute atomic E-state index is 0. The summed E-state index contributed by atoms with van der Waals surface area (Å²) in [5.41, 5.74) is 0. The summed E-state index contributed by atoms with van der Waals surface area (Å²) in [6.07, 6.45) is 11.8. The van der Waals surface area contributed by atoms with Crippen LogP contribution in [0.2, 0.25) is 0 Å². The molecule has 92 valence electrons. The molecular formula is C13H28O2. The standard InChI is InChI=1S/2C6H12O.CH4/c2*7-6-4-2-1-3-5-6;/h2*6-7H,1-5H2;1H4. The molecule has 2 aliphatic rings. The lowest BCUT2D eigenvalue weighted by molar-refractivity contribution is 0.130. The molecule has 0 aliphatic heterocycles. The van der Waals surface area contributed by atoms with Gasteiger partial charge < -0.3 is 10.2 Å². The van der Waals surface area contributed by atoms with Crippen molar-refractivity contribution in [2.75, 3.05) is 0 Å². The van der Waals surface area contributed by atoms with Crippen molar-refractivity contribution in [3.05, 3.63) is 0 Å². The first-order chi connectivity index (χ1) is 6.79. The van der Waals surface area contributed by atoms with Gasteiger partial charge in [-0.1, -0.05) is 46.0 Å². The van der Waals surface area contributed by atoms with Crippen molar-refractivity contribution in [3.63, 3.8) is 0 Å². The zero-order chi connectivity index (χ0) is 10.2. The highest BCUT2D eigenvalue weighted by molar-refractivity contribution is 4.62. The molecule has 2 fully saturated rings. The van der Waals surface area contributed by atoms with Crippen LogP contribution in [0.3, 0.4) is 0 Å². The molecule has 0 atom stereocenters. The maximum Gasteiger partial charge on any atom is 0.0540 e. The minimum Gasteiger partial charge on any atom is -0.393 e. The van der Waals surface area contributed by atoms with Crippen LogP contribution in [0.25, 0.3) is 0 Å². The zero-order valence-corrected chi connectivity index (χ0v) is 9.12. The molecule has 2 saturated carbocycles. The van der Waals surface area contributed by atoms with Crippen LogP contribution in [0.4, 0.5) is 0 Å². The molecule has 0 radical (unpaired) electrons. The van der Waals surface area contributed by atoms with Crippen molar-refractivity contribution in [1.29, 1.82) is 0 Å². The Morgan fingerprint density at radius 3 is 0.933 bits per heavy atom. The van der Waals surface area contributed by atoms with E-state index in [9.17, 15) is 0 Å². The van der Waals surface area contributed by atoms with Crippen LogP contribution < -0.4 is 0 Å². The lowest BCUT2D eigenvalue weighted by Gasteiger charge is -2.14. The molecule has 0 aromatic heterocycles. The van der Waals surface area contributed by atoms with E-state index in [0.29, 0.717) is 0 Å². The van der Waals surface area contributed by atoms with Crippen LogP contribution in [-0.2, 0) is 0 Å². The smallest absolute Gasteiger partial charge is 0.0540 e. The van der Waals surface area contributed by atoms with E-state index in [2.05, 4.69) is 0 Å². The van der Waals surface area contributed by atoms with E-state index < -0.39 is 0 Å². The predicted octanol–water partition coefficient (Wildman–Crippen LogP) is 3.26. The third-order valence-corrected chi connectivity index (χ3v) is 3.15. The normalized spacial score (nSPS) is 23.6. The second kappa shape index (κ2) is 9.17. The molecule has 0 unspecified atom stereocenters. The van der Waals surface area contributed by atoms with E-state index in [0.717, 1.165) is 25.7 Å². The highest BCUT2D eigenvalue weighted by atomic mass is 16.3. The van der Waals surface area contributed by atoms with Gasteiger partial charge in [0.2, 0.25) is 0 Å². The minimum atomic E-state index is 0. The Kier molecular flexibility index (Phi) is 9.12. The summed E-state index contributed by atoms with van der Waals surface area (Å²) in [6, 6.07) is 0. The van der Waals surface area contributed by atoms with Crippen LogP contribution in [0.1, 0.15) is 71.6 Å². The quantitative estimate of drug-likeness (QED) is 0.652. The molecule has 2 N–H and O–H groups in total. The van der Waals surface area contributed by atoms with E-state index in [1.165, 1.54) is 38.5 Å². The van der Waals surface area contributed by atoms with Crippen molar-refractivity contribution in [3.8, 4) is 0 Å². The first-order valence-corrected chi connectivity index (χ1v) is 6.15. The second-order valence-electron chi connectivity index (χ2n) is 4.58. The summed E-state index contributed by atoms with van der Waals surface area (Å²) in [7, 11) is 0. The van der Waals surface area contributed by atoms with E-state index in [1.807, 2.05) is 0 Å². The molecule has 2 nitrogen and oxygen atoms in total. The Labute approximate surface area is 94.7 Å². The predicted molar refractivity (Wildman–Crippen MR) is 64.9 cm³/mol. The Morgan fingerprint density at radius 1 is 0.533 bits per heavy atom. The lowest BCUT2D eigenvalue weighted by Crippen LogP contribution is -2.09. The van der Waals surface area contributed by atoms with Gasteiger partial charge >= 0.3 is 0 Å². The Balaban J connectivity index is 0.000000245. The van der Waals surface area contributed by atoms with Crippen LogP contribution in [0, 0.1) is 0 Å². The van der Waals surface area contributed by atoms with Gasteiger partial charge in [0.25, 0.3) is 0 Å². The van der Waals surface area contributed by atoms with Gasteiger partial charge in [0.1, 0.15) is 0 Å². The maximum absolute atomic E-state index is 8.91. The molecule has 0 aromatic carbocycles. The summed E-state index contributed by atoms with van der Waals surface area (Å²) >= 11 is 0. The molecule has 15 heavy (non-hydrogen) atoms. The molecule has 0 saturated heterocycles. The van der Waals surface area contributed by atoms with Crippen molar-refractivity contribution in [2.24, 2.45) is 0 Å². The van der Waals surface area contributed by atoms with Crippen molar-refractivity contribution in [2.45, 2.75) is 83.8 Å². The largest absolute Gasteiger partial charge is 0.393 e. The molecule has 2 heteroatoms. The Bertz CT molecular complexity index is 108. The van der Waals surface area contributed by atoms with Crippen molar-refractivity contribution in [1.82, 2.24) is 0 Å². The average molecular weight is 216 g/mol. The number of hydrogen-bond donors (Lipinski definition) is 2. The number of aliphatic hydroxyl groups excluding tert-OH is 2. The highest BCUT2D eigenvalue weighted by Gasteiger charge is 2.08. The molecule has 2 aliphatic carbocycles. The van der Waals surface area contributed by atoms with Crippen molar-refractivity contribution < 1.29 is 10.2 Å². The van der Waals surface area contributed by atoms with Crippen LogP contribution in [0.5, 0.6) is 0 Å². The van der Waals surface area contributed by atoms with E-state index >= 15 is 0 Å². The number of aliphatic hydroxyl groups is 2. The van der Waals surface area contributed by atoms with E-state index in [1.54, 1.807) is 0 Å². The summed E-state index contributed by atoms with van der Waals surface area (Å²) < 4.78 is 0. The van der Waals surface area contributed by atoms with Gasteiger partial charge in [0.15, 0.2) is 0 Å². The molecule has 0 aromatic rings. The van der Waals surface area contributed by atoms with Gasteiger partial charge in [0, 0.05) is 0 Å². The summed E-state index contributed by atoms with van der Waals surface area (Å²) in [6.45, 7) is 0. The first kappa shape index (κ1) is 14.9. The molecule has 0 amide bonds. The van der Waals surface area contributed by atoms with Crippen molar-refractivity contribution >= 4 is 0 Å². The van der Waals surface area contributed by atoms with Gasteiger partial charge in [0.05, 0.1) is 12.2 Å². The fraction of sp³-hybridized carbons (Fsp3) is 1.00. The summed E-state index contributed by atoms with van der Waals surface area (Å²) in [4.78, 5) is 0. The molecule has 0 spiro atoms. The SMILES string of the molecule is C.OC1CCCCC1.OC1CCCCC1. The maximum atomic E-state index is 8.91. The number of hydrogen-bond acceptors (Lipinski definition) is 2. The molecular weight excluding hydrogens is 188 g/mol. The monoisotopic (exact) mass is 216 g/mol.